The molecule has 1 fully saturated rings. The van der Waals surface area contributed by atoms with Gasteiger partial charge in [-0.1, -0.05) is 42.5 Å². The van der Waals surface area contributed by atoms with E-state index in [1.165, 1.54) is 41.3 Å². The molecule has 0 N–H and O–H groups in total. The number of halogens is 2. The summed E-state index contributed by atoms with van der Waals surface area (Å²) >= 11 is 0. The van der Waals surface area contributed by atoms with E-state index in [9.17, 15) is 23.2 Å². The van der Waals surface area contributed by atoms with Crippen molar-refractivity contribution in [2.75, 3.05) is 4.90 Å². The molecule has 156 valence electrons. The van der Waals surface area contributed by atoms with Gasteiger partial charge in [-0.3, -0.25) is 14.4 Å². The van der Waals surface area contributed by atoms with Crippen LogP contribution in [0.15, 0.2) is 78.9 Å². The van der Waals surface area contributed by atoms with Crippen LogP contribution in [0.4, 0.5) is 14.5 Å². The Hall–Kier alpha value is -3.87. The summed E-state index contributed by atoms with van der Waals surface area (Å²) in [4.78, 5) is 41.3. The number of imide groups is 1. The smallest absolute Gasteiger partial charge is 0.257 e. The predicted molar refractivity (Wildman–Crippen MR) is 110 cm³/mol. The van der Waals surface area contributed by atoms with E-state index in [0.717, 1.165) is 22.6 Å². The van der Waals surface area contributed by atoms with Gasteiger partial charge in [0.15, 0.2) is 0 Å². The van der Waals surface area contributed by atoms with Gasteiger partial charge in [0.25, 0.3) is 11.8 Å². The maximum Gasteiger partial charge on any atom is 0.257 e. The largest absolute Gasteiger partial charge is 0.322 e. The molecule has 1 unspecified atom stereocenters. The summed E-state index contributed by atoms with van der Waals surface area (Å²) in [5.41, 5.74) is 0.767. The van der Waals surface area contributed by atoms with Gasteiger partial charge in [0.1, 0.15) is 17.7 Å². The number of nitrogens with zero attached hydrogens (tertiary/aromatic N) is 2. The van der Waals surface area contributed by atoms with Crippen LogP contribution < -0.4 is 4.90 Å². The molecule has 1 aliphatic heterocycles. The Morgan fingerprint density at radius 3 is 2.23 bits per heavy atom. The van der Waals surface area contributed by atoms with E-state index in [-0.39, 0.29) is 24.2 Å². The number of carbonyl (C=O) groups is 3. The van der Waals surface area contributed by atoms with E-state index in [2.05, 4.69) is 0 Å². The van der Waals surface area contributed by atoms with Crippen molar-refractivity contribution in [3.05, 3.63) is 102 Å². The zero-order valence-corrected chi connectivity index (χ0v) is 16.4. The SMILES string of the molecule is O=C1CC(N(Cc2ccccc2)C(=O)c2ccccc2F)C(=O)N1c1ccc(F)cc1. The number of hydrogen-bond acceptors (Lipinski definition) is 3. The standard InChI is InChI=1S/C24H18F2N2O3/c25-17-10-12-18(13-11-17)28-22(29)14-21(24(28)31)27(15-16-6-2-1-3-7-16)23(30)19-8-4-5-9-20(19)26/h1-13,21H,14-15H2. The fourth-order valence-corrected chi connectivity index (χ4v) is 3.61. The third-order valence-electron chi connectivity index (χ3n) is 5.14. The number of benzene rings is 3. The van der Waals surface area contributed by atoms with Gasteiger partial charge in [-0.15, -0.1) is 0 Å². The highest BCUT2D eigenvalue weighted by atomic mass is 19.1. The van der Waals surface area contributed by atoms with E-state index in [1.807, 2.05) is 6.07 Å². The Kier molecular flexibility index (Phi) is 5.58. The molecule has 0 aromatic heterocycles. The van der Waals surface area contributed by atoms with Crippen molar-refractivity contribution in [2.45, 2.75) is 19.0 Å². The van der Waals surface area contributed by atoms with Crippen molar-refractivity contribution in [2.24, 2.45) is 0 Å². The van der Waals surface area contributed by atoms with E-state index < -0.39 is 35.4 Å². The number of hydrogen-bond donors (Lipinski definition) is 0. The van der Waals surface area contributed by atoms with Crippen LogP contribution >= 0.6 is 0 Å². The summed E-state index contributed by atoms with van der Waals surface area (Å²) in [5.74, 6) is -3.02. The molecule has 0 saturated carbocycles. The fraction of sp³-hybridized carbons (Fsp3) is 0.125. The average Bonchev–Trinajstić information content (AvgIpc) is 3.07. The Morgan fingerprint density at radius 2 is 1.55 bits per heavy atom. The highest BCUT2D eigenvalue weighted by Crippen LogP contribution is 2.28. The first-order chi connectivity index (χ1) is 15.0. The molecule has 3 aromatic carbocycles. The van der Waals surface area contributed by atoms with Crippen LogP contribution in [0, 0.1) is 11.6 Å². The maximum atomic E-state index is 14.3. The van der Waals surface area contributed by atoms with E-state index >= 15 is 0 Å². The lowest BCUT2D eigenvalue weighted by molar-refractivity contribution is -0.122. The highest BCUT2D eigenvalue weighted by Gasteiger charge is 2.44. The number of amides is 3. The molecule has 1 atom stereocenters. The molecule has 3 amide bonds. The van der Waals surface area contributed by atoms with Gasteiger partial charge < -0.3 is 4.90 Å². The van der Waals surface area contributed by atoms with Crippen LogP contribution in [-0.2, 0) is 16.1 Å². The van der Waals surface area contributed by atoms with Crippen LogP contribution in [0.3, 0.4) is 0 Å². The monoisotopic (exact) mass is 420 g/mol. The third-order valence-corrected chi connectivity index (χ3v) is 5.14. The molecule has 1 saturated heterocycles. The van der Waals surface area contributed by atoms with E-state index in [1.54, 1.807) is 24.3 Å². The molecule has 31 heavy (non-hydrogen) atoms. The van der Waals surface area contributed by atoms with Crippen molar-refractivity contribution in [3.63, 3.8) is 0 Å². The molecule has 1 heterocycles. The van der Waals surface area contributed by atoms with E-state index in [0.29, 0.717) is 0 Å². The van der Waals surface area contributed by atoms with Gasteiger partial charge in [-0.2, -0.15) is 0 Å². The minimum Gasteiger partial charge on any atom is -0.322 e. The van der Waals surface area contributed by atoms with Crippen molar-refractivity contribution >= 4 is 23.4 Å². The minimum absolute atomic E-state index is 0.0228. The quantitative estimate of drug-likeness (QED) is 0.588. The van der Waals surface area contributed by atoms with Gasteiger partial charge >= 0.3 is 0 Å². The van der Waals surface area contributed by atoms with Gasteiger partial charge in [0, 0.05) is 6.54 Å². The van der Waals surface area contributed by atoms with Crippen molar-refractivity contribution < 1.29 is 23.2 Å². The topological polar surface area (TPSA) is 57.7 Å². The Morgan fingerprint density at radius 1 is 0.903 bits per heavy atom. The molecule has 0 bridgehead atoms. The molecule has 1 aliphatic rings. The zero-order valence-electron chi connectivity index (χ0n) is 16.4. The first-order valence-corrected chi connectivity index (χ1v) is 9.67. The van der Waals surface area contributed by atoms with Crippen LogP contribution in [0.2, 0.25) is 0 Å². The second kappa shape index (κ2) is 8.47. The summed E-state index contributed by atoms with van der Waals surface area (Å²) < 4.78 is 27.6. The summed E-state index contributed by atoms with van der Waals surface area (Å²) in [6.45, 7) is 0.0228. The van der Waals surface area contributed by atoms with Crippen LogP contribution in [0.25, 0.3) is 0 Å². The van der Waals surface area contributed by atoms with Crippen LogP contribution in [0.5, 0.6) is 0 Å². The first-order valence-electron chi connectivity index (χ1n) is 9.67. The summed E-state index contributed by atoms with van der Waals surface area (Å²) in [5, 5.41) is 0. The lowest BCUT2D eigenvalue weighted by Crippen LogP contribution is -2.45. The molecule has 0 aliphatic carbocycles. The summed E-state index contributed by atoms with van der Waals surface area (Å²) in [7, 11) is 0. The van der Waals surface area contributed by atoms with Crippen molar-refractivity contribution in [1.82, 2.24) is 4.90 Å². The molecular weight excluding hydrogens is 402 g/mol. The van der Waals surface area contributed by atoms with Gasteiger partial charge in [-0.05, 0) is 42.0 Å². The molecule has 7 heteroatoms. The second-order valence-corrected chi connectivity index (χ2v) is 7.16. The van der Waals surface area contributed by atoms with Crippen LogP contribution in [0.1, 0.15) is 22.3 Å². The third kappa shape index (κ3) is 4.07. The van der Waals surface area contributed by atoms with Gasteiger partial charge in [0.05, 0.1) is 17.7 Å². The molecule has 0 radical (unpaired) electrons. The average molecular weight is 420 g/mol. The molecule has 3 aromatic rings. The normalized spacial score (nSPS) is 15.9. The van der Waals surface area contributed by atoms with Crippen molar-refractivity contribution in [3.8, 4) is 0 Å². The van der Waals surface area contributed by atoms with E-state index in [4.69, 9.17) is 0 Å². The number of carbonyl (C=O) groups excluding carboxylic acids is 3. The Labute approximate surface area is 177 Å². The summed E-state index contributed by atoms with van der Waals surface area (Å²) in [6, 6.07) is 18.3. The predicted octanol–water partition coefficient (Wildman–Crippen LogP) is 3.94. The first kappa shape index (κ1) is 20.4. The second-order valence-electron chi connectivity index (χ2n) is 7.16. The zero-order chi connectivity index (χ0) is 22.0. The molecule has 5 nitrogen and oxygen atoms in total. The van der Waals surface area contributed by atoms with Crippen molar-refractivity contribution in [1.29, 1.82) is 0 Å². The highest BCUT2D eigenvalue weighted by molar-refractivity contribution is 6.23. The lowest BCUT2D eigenvalue weighted by atomic mass is 10.1. The Bertz CT molecular complexity index is 1130. The number of anilines is 1. The Balaban J connectivity index is 1.70. The maximum absolute atomic E-state index is 14.3. The molecular formula is C24H18F2N2O3. The molecule has 0 spiro atoms. The lowest BCUT2D eigenvalue weighted by Gasteiger charge is -2.28. The molecule has 4 rings (SSSR count). The summed E-state index contributed by atoms with van der Waals surface area (Å²) in [6.07, 6.45) is -0.247. The number of rotatable bonds is 5. The van der Waals surface area contributed by atoms with Crippen LogP contribution in [-0.4, -0.2) is 28.7 Å². The van der Waals surface area contributed by atoms with Gasteiger partial charge in [0.2, 0.25) is 5.91 Å². The van der Waals surface area contributed by atoms with Gasteiger partial charge in [-0.25, -0.2) is 13.7 Å². The fourth-order valence-electron chi connectivity index (χ4n) is 3.61. The minimum atomic E-state index is -1.11.